The minimum absolute atomic E-state index is 0.0837. The van der Waals surface area contributed by atoms with E-state index in [4.69, 9.17) is 0 Å². The summed E-state index contributed by atoms with van der Waals surface area (Å²) in [6, 6.07) is 8.33. The topological polar surface area (TPSA) is 75.3 Å². The van der Waals surface area contributed by atoms with Crippen molar-refractivity contribution in [3.63, 3.8) is 0 Å². The van der Waals surface area contributed by atoms with Gasteiger partial charge >= 0.3 is 0 Å². The lowest BCUT2D eigenvalue weighted by Gasteiger charge is -2.12. The van der Waals surface area contributed by atoms with Gasteiger partial charge in [0.15, 0.2) is 11.6 Å². The van der Waals surface area contributed by atoms with Crippen LogP contribution >= 0.6 is 0 Å². The highest BCUT2D eigenvalue weighted by molar-refractivity contribution is 7.92. The minimum Gasteiger partial charge on any atom is -0.349 e. The molecule has 2 N–H and O–H groups in total. The molecule has 1 saturated carbocycles. The van der Waals surface area contributed by atoms with Gasteiger partial charge in [-0.3, -0.25) is 9.52 Å². The Hall–Kier alpha value is -2.48. The summed E-state index contributed by atoms with van der Waals surface area (Å²) < 4.78 is 53.0. The fourth-order valence-electron chi connectivity index (χ4n) is 2.90. The monoisotopic (exact) mass is 380 g/mol. The molecule has 2 aromatic rings. The van der Waals surface area contributed by atoms with Gasteiger partial charge in [0.1, 0.15) is 0 Å². The molecule has 0 aliphatic heterocycles. The van der Waals surface area contributed by atoms with Crippen LogP contribution < -0.4 is 10.0 Å². The third-order valence-corrected chi connectivity index (χ3v) is 5.69. The van der Waals surface area contributed by atoms with Crippen LogP contribution in [0.25, 0.3) is 0 Å². The van der Waals surface area contributed by atoms with E-state index in [1.165, 1.54) is 24.3 Å². The van der Waals surface area contributed by atoms with Gasteiger partial charge in [-0.05, 0) is 49.2 Å². The van der Waals surface area contributed by atoms with Crippen LogP contribution in [0.1, 0.15) is 36.0 Å². The van der Waals surface area contributed by atoms with Crippen LogP contribution in [-0.2, 0) is 10.0 Å². The number of benzene rings is 2. The molecule has 8 heteroatoms. The third-order valence-electron chi connectivity index (χ3n) is 4.29. The van der Waals surface area contributed by atoms with Gasteiger partial charge in [0.05, 0.1) is 10.6 Å². The van der Waals surface area contributed by atoms with E-state index in [9.17, 15) is 22.0 Å². The summed E-state index contributed by atoms with van der Waals surface area (Å²) in [4.78, 5) is 12.1. The molecule has 0 unspecified atom stereocenters. The molecule has 2 aromatic carbocycles. The molecule has 26 heavy (non-hydrogen) atoms. The number of halogens is 2. The SMILES string of the molecule is O=C(NC1CCCC1)c1ccc(S(=O)(=O)Nc2ccc(F)c(F)c2)cc1. The van der Waals surface area contributed by atoms with Crippen molar-refractivity contribution >= 4 is 21.6 Å². The predicted molar refractivity (Wildman–Crippen MR) is 93.3 cm³/mol. The number of nitrogens with one attached hydrogen (secondary N) is 2. The summed E-state index contributed by atoms with van der Waals surface area (Å²) in [6.07, 6.45) is 4.10. The van der Waals surface area contributed by atoms with Crippen LogP contribution in [0.15, 0.2) is 47.4 Å². The Morgan fingerprint density at radius 3 is 2.23 bits per heavy atom. The Balaban J connectivity index is 1.71. The number of hydrogen-bond acceptors (Lipinski definition) is 3. The van der Waals surface area contributed by atoms with Crippen LogP contribution in [0.5, 0.6) is 0 Å². The average Bonchev–Trinajstić information content (AvgIpc) is 3.11. The number of anilines is 1. The summed E-state index contributed by atoms with van der Waals surface area (Å²) in [5, 5.41) is 2.92. The molecule has 0 bridgehead atoms. The van der Waals surface area contributed by atoms with Gasteiger partial charge in [-0.25, -0.2) is 17.2 Å². The zero-order chi connectivity index (χ0) is 18.7. The van der Waals surface area contributed by atoms with Gasteiger partial charge < -0.3 is 5.32 Å². The van der Waals surface area contributed by atoms with Gasteiger partial charge in [-0.15, -0.1) is 0 Å². The predicted octanol–water partition coefficient (Wildman–Crippen LogP) is 3.44. The number of carbonyl (C=O) groups is 1. The third kappa shape index (κ3) is 4.19. The number of carbonyl (C=O) groups excluding carboxylic acids is 1. The van der Waals surface area contributed by atoms with E-state index in [1.807, 2.05) is 0 Å². The number of amides is 1. The van der Waals surface area contributed by atoms with E-state index < -0.39 is 21.7 Å². The number of hydrogen-bond donors (Lipinski definition) is 2. The molecule has 0 radical (unpaired) electrons. The maximum atomic E-state index is 13.2. The summed E-state index contributed by atoms with van der Waals surface area (Å²) >= 11 is 0. The van der Waals surface area contributed by atoms with E-state index in [1.54, 1.807) is 0 Å². The first-order chi connectivity index (χ1) is 12.3. The van der Waals surface area contributed by atoms with E-state index in [-0.39, 0.29) is 22.5 Å². The maximum absolute atomic E-state index is 13.2. The van der Waals surface area contributed by atoms with Crippen molar-refractivity contribution in [2.45, 2.75) is 36.6 Å². The standard InChI is InChI=1S/C18H18F2N2O3S/c19-16-10-7-14(11-17(16)20)22-26(24,25)15-8-5-12(6-9-15)18(23)21-13-3-1-2-4-13/h5-11,13,22H,1-4H2,(H,21,23). The second-order valence-corrected chi connectivity index (χ2v) is 7.90. The van der Waals surface area contributed by atoms with Crippen LogP contribution in [0.2, 0.25) is 0 Å². The van der Waals surface area contributed by atoms with Gasteiger partial charge in [-0.1, -0.05) is 12.8 Å². The molecule has 0 aromatic heterocycles. The van der Waals surface area contributed by atoms with Gasteiger partial charge in [0, 0.05) is 17.7 Å². The van der Waals surface area contributed by atoms with E-state index in [2.05, 4.69) is 10.0 Å². The Labute approximate surface area is 150 Å². The molecule has 0 saturated heterocycles. The largest absolute Gasteiger partial charge is 0.349 e. The highest BCUT2D eigenvalue weighted by Gasteiger charge is 2.19. The highest BCUT2D eigenvalue weighted by Crippen LogP contribution is 2.20. The van der Waals surface area contributed by atoms with Crippen molar-refractivity contribution in [2.75, 3.05) is 4.72 Å². The molecule has 3 rings (SSSR count). The highest BCUT2D eigenvalue weighted by atomic mass is 32.2. The molecule has 0 heterocycles. The van der Waals surface area contributed by atoms with Crippen molar-refractivity contribution in [1.82, 2.24) is 5.32 Å². The van der Waals surface area contributed by atoms with Crippen molar-refractivity contribution < 1.29 is 22.0 Å². The lowest BCUT2D eigenvalue weighted by molar-refractivity contribution is 0.0938. The summed E-state index contributed by atoms with van der Waals surface area (Å²) in [5.41, 5.74) is 0.274. The first kappa shape index (κ1) is 18.3. The molecule has 1 fully saturated rings. The van der Waals surface area contributed by atoms with Crippen molar-refractivity contribution in [3.8, 4) is 0 Å². The molecule has 0 spiro atoms. The first-order valence-corrected chi connectivity index (χ1v) is 9.72. The molecule has 1 aliphatic carbocycles. The fraction of sp³-hybridized carbons (Fsp3) is 0.278. The maximum Gasteiger partial charge on any atom is 0.261 e. The molecule has 0 atom stereocenters. The quantitative estimate of drug-likeness (QED) is 0.834. The molecule has 1 aliphatic rings. The van der Waals surface area contributed by atoms with Crippen molar-refractivity contribution in [3.05, 3.63) is 59.7 Å². The van der Waals surface area contributed by atoms with E-state index in [0.29, 0.717) is 5.56 Å². The zero-order valence-corrected chi connectivity index (χ0v) is 14.7. The van der Waals surface area contributed by atoms with Gasteiger partial charge in [0.2, 0.25) is 0 Å². The first-order valence-electron chi connectivity index (χ1n) is 8.24. The summed E-state index contributed by atoms with van der Waals surface area (Å²) in [5.74, 6) is -2.45. The number of sulfonamides is 1. The minimum atomic E-state index is -3.98. The second kappa shape index (κ2) is 7.41. The van der Waals surface area contributed by atoms with Crippen LogP contribution in [0.4, 0.5) is 14.5 Å². The molecule has 5 nitrogen and oxygen atoms in total. The summed E-state index contributed by atoms with van der Waals surface area (Å²) in [6.45, 7) is 0. The average molecular weight is 380 g/mol. The van der Waals surface area contributed by atoms with Gasteiger partial charge in [0.25, 0.3) is 15.9 Å². The fourth-order valence-corrected chi connectivity index (χ4v) is 3.95. The Bertz CT molecular complexity index is 909. The van der Waals surface area contributed by atoms with Crippen LogP contribution in [0.3, 0.4) is 0 Å². The van der Waals surface area contributed by atoms with Crippen molar-refractivity contribution in [1.29, 1.82) is 0 Å². The molecule has 1 amide bonds. The lowest BCUT2D eigenvalue weighted by atomic mass is 10.2. The van der Waals surface area contributed by atoms with E-state index >= 15 is 0 Å². The zero-order valence-electron chi connectivity index (χ0n) is 13.8. The molecular formula is C18H18F2N2O3S. The normalized spacial score (nSPS) is 15.0. The van der Waals surface area contributed by atoms with E-state index in [0.717, 1.165) is 43.9 Å². The lowest BCUT2D eigenvalue weighted by Crippen LogP contribution is -2.32. The Kier molecular flexibility index (Phi) is 5.22. The molecular weight excluding hydrogens is 362 g/mol. The second-order valence-electron chi connectivity index (χ2n) is 6.21. The van der Waals surface area contributed by atoms with Crippen LogP contribution in [0, 0.1) is 11.6 Å². The van der Waals surface area contributed by atoms with Crippen molar-refractivity contribution in [2.24, 2.45) is 0 Å². The number of rotatable bonds is 5. The molecule has 138 valence electrons. The Morgan fingerprint density at radius 2 is 1.62 bits per heavy atom. The van der Waals surface area contributed by atoms with Gasteiger partial charge in [-0.2, -0.15) is 0 Å². The summed E-state index contributed by atoms with van der Waals surface area (Å²) in [7, 11) is -3.98. The Morgan fingerprint density at radius 1 is 0.962 bits per heavy atom. The van der Waals surface area contributed by atoms with Crippen LogP contribution in [-0.4, -0.2) is 20.4 Å². The smallest absolute Gasteiger partial charge is 0.261 e.